The number of esters is 1. The first kappa shape index (κ1) is 38.1. The van der Waals surface area contributed by atoms with Gasteiger partial charge in [-0.2, -0.15) is 23.1 Å². The summed E-state index contributed by atoms with van der Waals surface area (Å²) in [5.74, 6) is -1.66. The summed E-state index contributed by atoms with van der Waals surface area (Å²) >= 11 is 0. The first-order valence-corrected chi connectivity index (χ1v) is 15.7. The maximum atomic E-state index is 14.0. The molecule has 258 valence electrons. The average molecular weight is 675 g/mol. The summed E-state index contributed by atoms with van der Waals surface area (Å²) < 4.78 is 53.5. The van der Waals surface area contributed by atoms with E-state index >= 15 is 0 Å². The van der Waals surface area contributed by atoms with Gasteiger partial charge in [-0.05, 0) is 84.1 Å². The third-order valence-electron chi connectivity index (χ3n) is 7.87. The van der Waals surface area contributed by atoms with Gasteiger partial charge < -0.3 is 23.8 Å². The molecule has 0 N–H and O–H groups in total. The number of aromatic nitrogens is 3. The van der Waals surface area contributed by atoms with Crippen LogP contribution in [0.15, 0.2) is 43.5 Å². The number of ether oxygens (including phenoxy) is 4. The molecule has 0 unspecified atom stereocenters. The Morgan fingerprint density at radius 1 is 1.09 bits per heavy atom. The zero-order valence-electron chi connectivity index (χ0n) is 28.3. The molecule has 0 radical (unpaired) electrons. The van der Waals surface area contributed by atoms with Gasteiger partial charge in [0.15, 0.2) is 23.4 Å². The Balaban J connectivity index is 0.00000600. The lowest BCUT2D eigenvalue weighted by atomic mass is 9.92. The number of hydrogen-bond donors (Lipinski definition) is 0. The first-order valence-electron chi connectivity index (χ1n) is 15.7. The molecular weight excluding hydrogens is 626 g/mol. The number of nitrogens with zero attached hydrogens (tertiary/aromatic N) is 4. The Hall–Kier alpha value is -3.32. The van der Waals surface area contributed by atoms with Gasteiger partial charge in [0, 0.05) is 24.8 Å². The highest BCUT2D eigenvalue weighted by atomic mass is 32.1. The summed E-state index contributed by atoms with van der Waals surface area (Å²) in [5.41, 5.74) is 2.51. The highest BCUT2D eigenvalue weighted by molar-refractivity contribution is 7.59. The van der Waals surface area contributed by atoms with Gasteiger partial charge in [0.25, 0.3) is 0 Å². The van der Waals surface area contributed by atoms with Crippen LogP contribution in [-0.2, 0) is 43.4 Å². The molecule has 0 saturated carbocycles. The van der Waals surface area contributed by atoms with E-state index in [1.54, 1.807) is 23.6 Å². The molecule has 2 aromatic heterocycles. The molecular formula is C35H48F2N4O5S. The molecule has 3 aromatic rings. The second-order valence-corrected chi connectivity index (χ2v) is 12.8. The fourth-order valence-corrected chi connectivity index (χ4v) is 5.61. The minimum Gasteiger partial charge on any atom is -0.464 e. The van der Waals surface area contributed by atoms with Crippen molar-refractivity contribution in [1.29, 1.82) is 0 Å². The van der Waals surface area contributed by atoms with E-state index < -0.39 is 29.3 Å². The first-order chi connectivity index (χ1) is 21.8. The summed E-state index contributed by atoms with van der Waals surface area (Å²) in [4.78, 5) is 20.5. The van der Waals surface area contributed by atoms with Crippen LogP contribution < -0.4 is 4.90 Å². The predicted molar refractivity (Wildman–Crippen MR) is 183 cm³/mol. The number of hydrogen-bond acceptors (Lipinski definition) is 8. The zero-order chi connectivity index (χ0) is 33.6. The number of piperidine rings is 1. The smallest absolute Gasteiger partial charge is 0.340 e. The maximum Gasteiger partial charge on any atom is 0.340 e. The summed E-state index contributed by atoms with van der Waals surface area (Å²) in [5, 5.41) is 4.87. The Kier molecular flexibility index (Phi) is 13.1. The summed E-state index contributed by atoms with van der Waals surface area (Å²) in [7, 11) is 0. The third-order valence-corrected chi connectivity index (χ3v) is 7.87. The van der Waals surface area contributed by atoms with E-state index in [1.165, 1.54) is 6.07 Å². The molecule has 0 amide bonds. The van der Waals surface area contributed by atoms with Crippen molar-refractivity contribution in [3.8, 4) is 0 Å². The van der Waals surface area contributed by atoms with Crippen LogP contribution in [0.1, 0.15) is 81.6 Å². The molecule has 0 spiro atoms. The Morgan fingerprint density at radius 3 is 2.34 bits per heavy atom. The van der Waals surface area contributed by atoms with Gasteiger partial charge in [-0.3, -0.25) is 0 Å². The number of halogens is 2. The number of allylic oxidation sites excluding steroid dienone is 1. The Bertz CT molecular complexity index is 1560. The second kappa shape index (κ2) is 16.2. The summed E-state index contributed by atoms with van der Waals surface area (Å²) in [6, 6.07) is 4.15. The number of carbonyl (C=O) groups is 1. The summed E-state index contributed by atoms with van der Waals surface area (Å²) in [6.45, 7) is 21.0. The molecule has 12 heteroatoms. The van der Waals surface area contributed by atoms with Gasteiger partial charge in [0.1, 0.15) is 5.82 Å². The molecule has 1 atom stereocenters. The molecule has 4 rings (SSSR count). The fraction of sp³-hybridized carbons (Fsp3) is 0.514. The van der Waals surface area contributed by atoms with Gasteiger partial charge in [0.2, 0.25) is 0 Å². The van der Waals surface area contributed by atoms with E-state index in [0.717, 1.165) is 18.9 Å². The van der Waals surface area contributed by atoms with Crippen LogP contribution in [0.3, 0.4) is 0 Å². The van der Waals surface area contributed by atoms with Crippen LogP contribution in [-0.4, -0.2) is 58.1 Å². The quantitative estimate of drug-likeness (QED) is 0.136. The van der Waals surface area contributed by atoms with E-state index in [-0.39, 0.29) is 38.9 Å². The fourth-order valence-electron chi connectivity index (χ4n) is 5.61. The molecule has 1 aromatic carbocycles. The van der Waals surface area contributed by atoms with Crippen LogP contribution in [0, 0.1) is 18.6 Å². The van der Waals surface area contributed by atoms with E-state index in [1.807, 2.05) is 33.8 Å². The largest absolute Gasteiger partial charge is 0.464 e. The number of benzene rings is 1. The normalized spacial score (nSPS) is 15.3. The van der Waals surface area contributed by atoms with E-state index in [0.29, 0.717) is 65.7 Å². The highest BCUT2D eigenvalue weighted by Gasteiger charge is 2.38. The number of rotatable bonds is 14. The van der Waals surface area contributed by atoms with Crippen molar-refractivity contribution < 1.29 is 32.5 Å². The highest BCUT2D eigenvalue weighted by Crippen LogP contribution is 2.38. The second-order valence-electron chi connectivity index (χ2n) is 12.8. The lowest BCUT2D eigenvalue weighted by Gasteiger charge is -2.41. The number of carbonyl (C=O) groups excluding carboxylic acids is 1. The van der Waals surface area contributed by atoms with E-state index in [2.05, 4.69) is 25.0 Å². The van der Waals surface area contributed by atoms with Crippen molar-refractivity contribution in [2.24, 2.45) is 0 Å². The van der Waals surface area contributed by atoms with Gasteiger partial charge >= 0.3 is 5.97 Å². The average Bonchev–Trinajstić information content (AvgIpc) is 3.39. The van der Waals surface area contributed by atoms with Crippen molar-refractivity contribution in [1.82, 2.24) is 14.6 Å². The molecule has 47 heavy (non-hydrogen) atoms. The van der Waals surface area contributed by atoms with Crippen molar-refractivity contribution >= 4 is 30.9 Å². The number of fused-ring (bicyclic) bond motifs is 1. The Morgan fingerprint density at radius 2 is 1.74 bits per heavy atom. The van der Waals surface area contributed by atoms with Crippen LogP contribution in [0.4, 0.5) is 14.6 Å². The van der Waals surface area contributed by atoms with Gasteiger partial charge in [-0.1, -0.05) is 12.2 Å². The topological polar surface area (TPSA) is 87.4 Å². The van der Waals surface area contributed by atoms with Crippen LogP contribution >= 0.6 is 13.5 Å². The lowest BCUT2D eigenvalue weighted by molar-refractivity contribution is -0.166. The molecule has 0 aliphatic carbocycles. The van der Waals surface area contributed by atoms with Crippen molar-refractivity contribution in [3.63, 3.8) is 0 Å². The molecule has 1 aliphatic rings. The standard InChI is InChI=1S/C35H46F2N4O5.H2S/c1-9-12-24-18-27(36)28(37)19-25(24)21-43-22-26-20-29-38-23(4)30(31(33(42)44-11-3)46-34(5,6)7)32(41(29)39-26)40-15-13-35(8,14-16-40)45-17-10-2;/h9-10,18-20,31H,1-2,11-17,21-22H2,3-8H3;1H2/t31-;/m0./s1. The number of anilines is 1. The molecule has 3 heterocycles. The van der Waals surface area contributed by atoms with Crippen LogP contribution in [0.5, 0.6) is 0 Å². The van der Waals surface area contributed by atoms with E-state index in [9.17, 15) is 13.6 Å². The van der Waals surface area contributed by atoms with Crippen LogP contribution in [0.25, 0.3) is 5.65 Å². The molecule has 0 bridgehead atoms. The van der Waals surface area contributed by atoms with Crippen LogP contribution in [0.2, 0.25) is 0 Å². The van der Waals surface area contributed by atoms with Crippen molar-refractivity contribution in [2.75, 3.05) is 31.2 Å². The zero-order valence-corrected chi connectivity index (χ0v) is 29.3. The molecule has 1 aliphatic heterocycles. The van der Waals surface area contributed by atoms with Crippen molar-refractivity contribution in [3.05, 3.63) is 83.2 Å². The van der Waals surface area contributed by atoms with Gasteiger partial charge in [-0.25, -0.2) is 18.6 Å². The monoisotopic (exact) mass is 674 g/mol. The minimum atomic E-state index is -1.04. The van der Waals surface area contributed by atoms with Gasteiger partial charge in [0.05, 0.1) is 48.9 Å². The lowest BCUT2D eigenvalue weighted by Crippen LogP contribution is -2.45. The molecule has 9 nitrogen and oxygen atoms in total. The number of aryl methyl sites for hydroxylation is 1. The maximum absolute atomic E-state index is 14.0. The van der Waals surface area contributed by atoms with Gasteiger partial charge in [-0.15, -0.1) is 13.2 Å². The third kappa shape index (κ3) is 9.40. The molecule has 1 fully saturated rings. The SMILES string of the molecule is C=CCOC1(C)CCN(c2c([C@H](OC(C)(C)C)C(=O)OCC)c(C)nc3cc(COCc4cc(F)c(F)cc4CC=C)nn23)CC1.S. The summed E-state index contributed by atoms with van der Waals surface area (Å²) in [6.07, 6.45) is 4.20. The van der Waals surface area contributed by atoms with Crippen molar-refractivity contribution in [2.45, 2.75) is 91.3 Å². The van der Waals surface area contributed by atoms with E-state index in [4.69, 9.17) is 29.0 Å². The Labute approximate surface area is 283 Å². The molecule has 1 saturated heterocycles. The predicted octanol–water partition coefficient (Wildman–Crippen LogP) is 6.85. The minimum absolute atomic E-state index is 0.